The van der Waals surface area contributed by atoms with Crippen LogP contribution in [0, 0.1) is 13.8 Å². The minimum absolute atomic E-state index is 0.324. The first-order valence-electron chi connectivity index (χ1n) is 5.31. The lowest BCUT2D eigenvalue weighted by Gasteiger charge is -1.99. The van der Waals surface area contributed by atoms with Crippen LogP contribution in [0.5, 0.6) is 0 Å². The molecule has 0 fully saturated rings. The molecule has 0 amide bonds. The summed E-state index contributed by atoms with van der Waals surface area (Å²) in [6.45, 7) is 3.74. The molecule has 4 nitrogen and oxygen atoms in total. The Bertz CT molecular complexity index is 676. The molecule has 1 heterocycles. The van der Waals surface area contributed by atoms with Gasteiger partial charge < -0.3 is 4.52 Å². The molecule has 18 heavy (non-hydrogen) atoms. The quantitative estimate of drug-likeness (QED) is 0.813. The first-order valence-corrected chi connectivity index (χ1v) is 7.79. The van der Waals surface area contributed by atoms with Crippen molar-refractivity contribution in [1.82, 2.24) is 5.16 Å². The molecule has 0 aliphatic heterocycles. The summed E-state index contributed by atoms with van der Waals surface area (Å²) in [5.74, 6) is 0.254. The Hall–Kier alpha value is -1.33. The van der Waals surface area contributed by atoms with E-state index in [-0.39, 0.29) is 5.75 Å². The maximum atomic E-state index is 11.0. The first-order chi connectivity index (χ1) is 8.37. The lowest BCUT2D eigenvalue weighted by Crippen LogP contribution is -1.97. The number of aryl methyl sites for hydroxylation is 1. The number of hydrogen-bond acceptors (Lipinski definition) is 4. The van der Waals surface area contributed by atoms with Crippen molar-refractivity contribution in [1.29, 1.82) is 0 Å². The van der Waals surface area contributed by atoms with E-state index in [0.717, 1.165) is 11.1 Å². The fourth-order valence-electron chi connectivity index (χ4n) is 1.72. The largest absolute Gasteiger partial charge is 0.356 e. The maximum absolute atomic E-state index is 11.0. The Kier molecular flexibility index (Phi) is 3.45. The Morgan fingerprint density at radius 2 is 2.06 bits per heavy atom. The molecular formula is C12H12ClNO3S. The van der Waals surface area contributed by atoms with Crippen LogP contribution in [0.3, 0.4) is 0 Å². The molecule has 2 aromatic rings. The number of hydrogen-bond donors (Lipinski definition) is 0. The molecule has 2 rings (SSSR count). The number of halogens is 1. The summed E-state index contributed by atoms with van der Waals surface area (Å²) < 4.78 is 27.3. The fraction of sp³-hybridized carbons (Fsp3) is 0.250. The number of nitrogens with zero attached hydrogens (tertiary/aromatic N) is 1. The summed E-state index contributed by atoms with van der Waals surface area (Å²) in [7, 11) is 1.58. The molecular weight excluding hydrogens is 274 g/mol. The van der Waals surface area contributed by atoms with Crippen molar-refractivity contribution in [3.8, 4) is 11.3 Å². The van der Waals surface area contributed by atoms with E-state index in [1.165, 1.54) is 0 Å². The van der Waals surface area contributed by atoms with E-state index in [0.29, 0.717) is 17.0 Å². The third-order valence-corrected chi connectivity index (χ3v) is 3.56. The average molecular weight is 286 g/mol. The van der Waals surface area contributed by atoms with Crippen molar-refractivity contribution in [3.05, 3.63) is 41.1 Å². The van der Waals surface area contributed by atoms with E-state index in [1.54, 1.807) is 6.92 Å². The van der Waals surface area contributed by atoms with Gasteiger partial charge in [-0.2, -0.15) is 0 Å². The number of benzene rings is 1. The van der Waals surface area contributed by atoms with Crippen LogP contribution in [0.15, 0.2) is 28.8 Å². The Morgan fingerprint density at radius 1 is 1.33 bits per heavy atom. The molecule has 0 atom stereocenters. The summed E-state index contributed by atoms with van der Waals surface area (Å²) in [5.41, 5.74) is 3.01. The lowest BCUT2D eigenvalue weighted by molar-refractivity contribution is 0.425. The minimum Gasteiger partial charge on any atom is -0.356 e. The SMILES string of the molecule is Cc1cccc(-c2onc(CS(=O)(=O)Cl)c2C)c1. The zero-order valence-corrected chi connectivity index (χ0v) is 11.5. The van der Waals surface area contributed by atoms with E-state index in [4.69, 9.17) is 15.2 Å². The smallest absolute Gasteiger partial charge is 0.238 e. The second-order valence-electron chi connectivity index (χ2n) is 4.14. The normalized spacial score (nSPS) is 11.7. The molecule has 96 valence electrons. The van der Waals surface area contributed by atoms with Crippen molar-refractivity contribution in [3.63, 3.8) is 0 Å². The molecule has 0 aliphatic carbocycles. The van der Waals surface area contributed by atoms with Crippen LogP contribution in [0.25, 0.3) is 11.3 Å². The second-order valence-corrected chi connectivity index (χ2v) is 6.91. The van der Waals surface area contributed by atoms with Gasteiger partial charge in [0.15, 0.2) is 5.76 Å². The highest BCUT2D eigenvalue weighted by Crippen LogP contribution is 2.27. The van der Waals surface area contributed by atoms with E-state index < -0.39 is 9.05 Å². The first kappa shape index (κ1) is 13.1. The molecule has 0 saturated carbocycles. The van der Waals surface area contributed by atoms with Gasteiger partial charge >= 0.3 is 0 Å². The van der Waals surface area contributed by atoms with Crippen LogP contribution in [0.4, 0.5) is 0 Å². The van der Waals surface area contributed by atoms with Gasteiger partial charge in [0.2, 0.25) is 9.05 Å². The number of rotatable bonds is 3. The maximum Gasteiger partial charge on any atom is 0.238 e. The van der Waals surface area contributed by atoms with Gasteiger partial charge in [-0.25, -0.2) is 8.42 Å². The van der Waals surface area contributed by atoms with Crippen molar-refractivity contribution in [2.75, 3.05) is 0 Å². The molecule has 0 radical (unpaired) electrons. The fourth-order valence-corrected chi connectivity index (χ4v) is 2.63. The molecule has 0 bridgehead atoms. The van der Waals surface area contributed by atoms with E-state index in [1.807, 2.05) is 31.2 Å². The van der Waals surface area contributed by atoms with Crippen LogP contribution in [-0.2, 0) is 14.8 Å². The van der Waals surface area contributed by atoms with Crippen molar-refractivity contribution in [2.24, 2.45) is 0 Å². The average Bonchev–Trinajstić information content (AvgIpc) is 2.58. The van der Waals surface area contributed by atoms with Crippen molar-refractivity contribution < 1.29 is 12.9 Å². The highest BCUT2D eigenvalue weighted by Gasteiger charge is 2.18. The second kappa shape index (κ2) is 4.74. The van der Waals surface area contributed by atoms with Crippen LogP contribution in [-0.4, -0.2) is 13.6 Å². The Morgan fingerprint density at radius 3 is 2.67 bits per heavy atom. The van der Waals surface area contributed by atoms with E-state index in [9.17, 15) is 8.42 Å². The predicted octanol–water partition coefficient (Wildman–Crippen LogP) is 3.03. The predicted molar refractivity (Wildman–Crippen MR) is 69.9 cm³/mol. The number of aromatic nitrogens is 1. The zero-order chi connectivity index (χ0) is 13.3. The standard InChI is InChI=1S/C12H12ClNO3S/c1-8-4-3-5-10(6-8)12-9(2)11(14-17-12)7-18(13,15)16/h3-6H,7H2,1-2H3. The zero-order valence-electron chi connectivity index (χ0n) is 9.97. The van der Waals surface area contributed by atoms with Gasteiger partial charge in [-0.3, -0.25) is 0 Å². The van der Waals surface area contributed by atoms with Gasteiger partial charge in [-0.15, -0.1) is 0 Å². The molecule has 0 spiro atoms. The molecule has 1 aromatic heterocycles. The molecule has 0 N–H and O–H groups in total. The van der Waals surface area contributed by atoms with Crippen LogP contribution in [0.2, 0.25) is 0 Å². The van der Waals surface area contributed by atoms with Crippen molar-refractivity contribution >= 4 is 19.7 Å². The van der Waals surface area contributed by atoms with E-state index >= 15 is 0 Å². The van der Waals surface area contributed by atoms with Gasteiger partial charge in [0.05, 0.1) is 0 Å². The molecule has 0 saturated heterocycles. The van der Waals surface area contributed by atoms with Gasteiger partial charge in [0.25, 0.3) is 0 Å². The molecule has 0 unspecified atom stereocenters. The lowest BCUT2D eigenvalue weighted by atomic mass is 10.1. The van der Waals surface area contributed by atoms with Gasteiger partial charge in [-0.05, 0) is 19.9 Å². The highest BCUT2D eigenvalue weighted by molar-refractivity contribution is 8.13. The highest BCUT2D eigenvalue weighted by atomic mass is 35.7. The minimum atomic E-state index is -3.63. The Labute approximate surface area is 110 Å². The molecule has 6 heteroatoms. The third-order valence-electron chi connectivity index (χ3n) is 2.61. The van der Waals surface area contributed by atoms with Gasteiger partial charge in [0, 0.05) is 21.8 Å². The van der Waals surface area contributed by atoms with Crippen LogP contribution >= 0.6 is 10.7 Å². The van der Waals surface area contributed by atoms with Gasteiger partial charge in [0.1, 0.15) is 11.4 Å². The molecule has 1 aromatic carbocycles. The molecule has 0 aliphatic rings. The summed E-state index contributed by atoms with van der Waals surface area (Å²) in [4.78, 5) is 0. The summed E-state index contributed by atoms with van der Waals surface area (Å²) in [6.07, 6.45) is 0. The summed E-state index contributed by atoms with van der Waals surface area (Å²) in [5, 5.41) is 3.77. The topological polar surface area (TPSA) is 60.2 Å². The van der Waals surface area contributed by atoms with Gasteiger partial charge in [-0.1, -0.05) is 28.9 Å². The summed E-state index contributed by atoms with van der Waals surface area (Å²) in [6, 6.07) is 7.72. The van der Waals surface area contributed by atoms with Crippen LogP contribution in [0.1, 0.15) is 16.8 Å². The van der Waals surface area contributed by atoms with Crippen molar-refractivity contribution in [2.45, 2.75) is 19.6 Å². The summed E-state index contributed by atoms with van der Waals surface area (Å²) >= 11 is 0. The van der Waals surface area contributed by atoms with E-state index in [2.05, 4.69) is 5.16 Å². The third kappa shape index (κ3) is 2.91. The van der Waals surface area contributed by atoms with Crippen LogP contribution < -0.4 is 0 Å². The Balaban J connectivity index is 2.43. The monoisotopic (exact) mass is 285 g/mol.